The van der Waals surface area contributed by atoms with Gasteiger partial charge in [0.15, 0.2) is 6.10 Å². The molecule has 1 atom stereocenters. The standard InChI is InChI=1S/C18H16ClF2NO3S/c1-10-3-4-12(19)7-15(10)22-18(24)11(2)25-17(23)9-26-16-8-13(20)5-6-14(16)21/h3-8,11H,9H2,1-2H3,(H,22,24)/t11-/m0/s1. The first kappa shape index (κ1) is 20.2. The lowest BCUT2D eigenvalue weighted by atomic mass is 10.2. The molecule has 2 rings (SSSR count). The largest absolute Gasteiger partial charge is 0.452 e. The summed E-state index contributed by atoms with van der Waals surface area (Å²) in [6, 6.07) is 7.99. The summed E-state index contributed by atoms with van der Waals surface area (Å²) in [6.07, 6.45) is -1.06. The Morgan fingerprint density at radius 2 is 1.96 bits per heavy atom. The Kier molecular flexibility index (Phi) is 6.99. The average molecular weight is 400 g/mol. The number of thioether (sulfide) groups is 1. The van der Waals surface area contributed by atoms with E-state index in [2.05, 4.69) is 5.32 Å². The van der Waals surface area contributed by atoms with Crippen molar-refractivity contribution in [2.75, 3.05) is 11.1 Å². The second-order valence-corrected chi connectivity index (χ2v) is 6.90. The van der Waals surface area contributed by atoms with Crippen LogP contribution in [0.3, 0.4) is 0 Å². The third-order valence-corrected chi connectivity index (χ3v) is 4.61. The fraction of sp³-hybridized carbons (Fsp3) is 0.222. The number of carbonyl (C=O) groups is 2. The van der Waals surface area contributed by atoms with Crippen LogP contribution >= 0.6 is 23.4 Å². The number of benzene rings is 2. The number of halogens is 3. The predicted octanol–water partition coefficient (Wildman–Crippen LogP) is 4.59. The van der Waals surface area contributed by atoms with Crippen LogP contribution < -0.4 is 5.32 Å². The summed E-state index contributed by atoms with van der Waals surface area (Å²) < 4.78 is 31.6. The molecular weight excluding hydrogens is 384 g/mol. The number of hydrogen-bond donors (Lipinski definition) is 1. The molecule has 4 nitrogen and oxygen atoms in total. The quantitative estimate of drug-likeness (QED) is 0.570. The molecule has 0 saturated carbocycles. The Hall–Kier alpha value is -2.12. The number of rotatable bonds is 6. The molecule has 0 unspecified atom stereocenters. The van der Waals surface area contributed by atoms with Gasteiger partial charge >= 0.3 is 5.97 Å². The monoisotopic (exact) mass is 399 g/mol. The average Bonchev–Trinajstić information content (AvgIpc) is 2.58. The van der Waals surface area contributed by atoms with Gasteiger partial charge in [0, 0.05) is 15.6 Å². The van der Waals surface area contributed by atoms with E-state index < -0.39 is 29.6 Å². The summed E-state index contributed by atoms with van der Waals surface area (Å²) in [5.74, 6) is -2.73. The zero-order chi connectivity index (χ0) is 19.3. The second-order valence-electron chi connectivity index (χ2n) is 5.44. The smallest absolute Gasteiger partial charge is 0.317 e. The summed E-state index contributed by atoms with van der Waals surface area (Å²) in [7, 11) is 0. The molecule has 0 spiro atoms. The van der Waals surface area contributed by atoms with Gasteiger partial charge in [0.05, 0.1) is 5.75 Å². The molecule has 0 fully saturated rings. The Morgan fingerprint density at radius 3 is 2.69 bits per heavy atom. The van der Waals surface area contributed by atoms with E-state index in [1.165, 1.54) is 6.92 Å². The van der Waals surface area contributed by atoms with Gasteiger partial charge in [-0.25, -0.2) is 8.78 Å². The third kappa shape index (κ3) is 5.71. The zero-order valence-electron chi connectivity index (χ0n) is 14.0. The SMILES string of the molecule is Cc1ccc(Cl)cc1NC(=O)[C@H](C)OC(=O)CSc1cc(F)ccc1F. The highest BCUT2D eigenvalue weighted by molar-refractivity contribution is 8.00. The Balaban J connectivity index is 1.88. The lowest BCUT2D eigenvalue weighted by molar-refractivity contribution is -0.150. The van der Waals surface area contributed by atoms with Crippen molar-refractivity contribution in [3.8, 4) is 0 Å². The molecule has 138 valence electrons. The molecule has 0 heterocycles. The van der Waals surface area contributed by atoms with Gasteiger partial charge in [-0.15, -0.1) is 11.8 Å². The molecule has 1 N–H and O–H groups in total. The van der Waals surface area contributed by atoms with Crippen molar-refractivity contribution in [3.63, 3.8) is 0 Å². The molecular formula is C18H16ClF2NO3S. The summed E-state index contributed by atoms with van der Waals surface area (Å²) >= 11 is 6.68. The van der Waals surface area contributed by atoms with E-state index in [0.29, 0.717) is 10.7 Å². The number of carbonyl (C=O) groups excluding carboxylic acids is 2. The normalized spacial score (nSPS) is 11.7. The molecule has 0 aliphatic carbocycles. The Labute approximate surface area is 158 Å². The molecule has 0 bridgehead atoms. The minimum Gasteiger partial charge on any atom is -0.452 e. The molecule has 8 heteroatoms. The van der Waals surface area contributed by atoms with Gasteiger partial charge in [-0.2, -0.15) is 0 Å². The van der Waals surface area contributed by atoms with Gasteiger partial charge in [0.2, 0.25) is 0 Å². The highest BCUT2D eigenvalue weighted by atomic mass is 35.5. The Morgan fingerprint density at radius 1 is 1.23 bits per heavy atom. The molecule has 2 aromatic carbocycles. The van der Waals surface area contributed by atoms with Crippen molar-refractivity contribution in [2.45, 2.75) is 24.8 Å². The van der Waals surface area contributed by atoms with Crippen LogP contribution in [0, 0.1) is 18.6 Å². The molecule has 0 aromatic heterocycles. The number of nitrogens with one attached hydrogen (secondary N) is 1. The van der Waals surface area contributed by atoms with Crippen molar-refractivity contribution in [1.82, 2.24) is 0 Å². The first-order chi connectivity index (χ1) is 12.3. The van der Waals surface area contributed by atoms with Crippen molar-refractivity contribution < 1.29 is 23.1 Å². The van der Waals surface area contributed by atoms with Gasteiger partial charge in [-0.1, -0.05) is 17.7 Å². The van der Waals surface area contributed by atoms with E-state index in [0.717, 1.165) is 35.5 Å². The minimum atomic E-state index is -1.06. The summed E-state index contributed by atoms with van der Waals surface area (Å²) in [5, 5.41) is 3.09. The fourth-order valence-corrected chi connectivity index (χ4v) is 2.89. The fourth-order valence-electron chi connectivity index (χ4n) is 1.97. The van der Waals surface area contributed by atoms with E-state index in [1.807, 2.05) is 0 Å². The van der Waals surface area contributed by atoms with Crippen LogP contribution in [0.5, 0.6) is 0 Å². The van der Waals surface area contributed by atoms with Crippen LogP contribution in [0.4, 0.5) is 14.5 Å². The molecule has 0 aliphatic rings. The minimum absolute atomic E-state index is 0.00592. The molecule has 0 aliphatic heterocycles. The van der Waals surface area contributed by atoms with Crippen LogP contribution in [0.25, 0.3) is 0 Å². The van der Waals surface area contributed by atoms with Crippen molar-refractivity contribution in [3.05, 3.63) is 58.6 Å². The van der Waals surface area contributed by atoms with Crippen LogP contribution in [0.1, 0.15) is 12.5 Å². The first-order valence-corrected chi connectivity index (χ1v) is 8.97. The maximum absolute atomic E-state index is 13.5. The lowest BCUT2D eigenvalue weighted by Crippen LogP contribution is -2.30. The number of esters is 1. The number of anilines is 1. The topological polar surface area (TPSA) is 55.4 Å². The highest BCUT2D eigenvalue weighted by Crippen LogP contribution is 2.23. The number of hydrogen-bond acceptors (Lipinski definition) is 4. The van der Waals surface area contributed by atoms with Gasteiger partial charge < -0.3 is 10.1 Å². The van der Waals surface area contributed by atoms with Gasteiger partial charge in [0.25, 0.3) is 5.91 Å². The molecule has 26 heavy (non-hydrogen) atoms. The van der Waals surface area contributed by atoms with Crippen LogP contribution in [-0.2, 0) is 14.3 Å². The van der Waals surface area contributed by atoms with E-state index in [9.17, 15) is 18.4 Å². The Bertz CT molecular complexity index is 832. The maximum Gasteiger partial charge on any atom is 0.317 e. The summed E-state index contributed by atoms with van der Waals surface area (Å²) in [5.41, 5.74) is 1.32. The van der Waals surface area contributed by atoms with Crippen LogP contribution in [0.2, 0.25) is 5.02 Å². The molecule has 0 saturated heterocycles. The maximum atomic E-state index is 13.5. The van der Waals surface area contributed by atoms with Crippen molar-refractivity contribution in [1.29, 1.82) is 0 Å². The summed E-state index contributed by atoms with van der Waals surface area (Å²) in [6.45, 7) is 3.22. The zero-order valence-corrected chi connectivity index (χ0v) is 15.6. The van der Waals surface area contributed by atoms with Crippen LogP contribution in [0.15, 0.2) is 41.3 Å². The highest BCUT2D eigenvalue weighted by Gasteiger charge is 2.19. The van der Waals surface area contributed by atoms with Gasteiger partial charge in [-0.3, -0.25) is 9.59 Å². The molecule has 2 aromatic rings. The number of amides is 1. The van der Waals surface area contributed by atoms with E-state index in [-0.39, 0.29) is 10.6 Å². The van der Waals surface area contributed by atoms with E-state index in [4.69, 9.17) is 16.3 Å². The second kappa shape index (κ2) is 9.00. The number of ether oxygens (including phenoxy) is 1. The van der Waals surface area contributed by atoms with Crippen LogP contribution in [-0.4, -0.2) is 23.7 Å². The van der Waals surface area contributed by atoms with E-state index >= 15 is 0 Å². The molecule has 0 radical (unpaired) electrons. The first-order valence-electron chi connectivity index (χ1n) is 7.60. The predicted molar refractivity (Wildman–Crippen MR) is 97.5 cm³/mol. The lowest BCUT2D eigenvalue weighted by Gasteiger charge is -2.15. The van der Waals surface area contributed by atoms with Gasteiger partial charge in [0.1, 0.15) is 11.6 Å². The van der Waals surface area contributed by atoms with E-state index in [1.54, 1.807) is 25.1 Å². The molecule has 1 amide bonds. The third-order valence-electron chi connectivity index (χ3n) is 3.37. The number of aryl methyl sites for hydroxylation is 1. The van der Waals surface area contributed by atoms with Crippen molar-refractivity contribution >= 4 is 40.9 Å². The van der Waals surface area contributed by atoms with Gasteiger partial charge in [-0.05, 0) is 49.7 Å². The summed E-state index contributed by atoms with van der Waals surface area (Å²) in [4.78, 5) is 24.0. The van der Waals surface area contributed by atoms with Crippen molar-refractivity contribution in [2.24, 2.45) is 0 Å².